The molecule has 0 spiro atoms. The van der Waals surface area contributed by atoms with Crippen molar-refractivity contribution in [2.75, 3.05) is 0 Å². The van der Waals surface area contributed by atoms with E-state index in [1.165, 1.54) is 12.8 Å². The molecule has 2 saturated carbocycles. The molecule has 4 nitrogen and oxygen atoms in total. The Kier molecular flexibility index (Phi) is 11.1. The fraction of sp³-hybridized carbons (Fsp3) is 0.657. The summed E-state index contributed by atoms with van der Waals surface area (Å²) in [5.41, 5.74) is 2.12. The number of hydrogen-bond donors (Lipinski definition) is 1. The third-order valence-electron chi connectivity index (χ3n) is 9.63. The van der Waals surface area contributed by atoms with Crippen LogP contribution in [0, 0.1) is 35.5 Å². The average molecular weight is 568 g/mol. The molecule has 40 heavy (non-hydrogen) atoms. The van der Waals surface area contributed by atoms with Gasteiger partial charge in [-0.25, -0.2) is 0 Å². The van der Waals surface area contributed by atoms with E-state index in [1.807, 2.05) is 24.3 Å². The molecular weight excluding hydrogens is 513 g/mol. The van der Waals surface area contributed by atoms with Crippen LogP contribution < -0.4 is 5.32 Å². The Bertz CT molecular complexity index is 1040. The van der Waals surface area contributed by atoms with E-state index in [1.54, 1.807) is 0 Å². The summed E-state index contributed by atoms with van der Waals surface area (Å²) >= 11 is 0. The summed E-state index contributed by atoms with van der Waals surface area (Å²) in [7, 11) is -3.68. The van der Waals surface area contributed by atoms with Gasteiger partial charge in [-0.3, -0.25) is 9.88 Å². The second-order valence-corrected chi connectivity index (χ2v) is 15.6. The maximum absolute atomic E-state index is 15.7. The smallest absolute Gasteiger partial charge is 0.304 e. The Hall–Kier alpha value is -1.45. The molecule has 0 amide bonds. The quantitative estimate of drug-likeness (QED) is 0.274. The highest BCUT2D eigenvalue weighted by molar-refractivity contribution is 7.54. The lowest BCUT2D eigenvalue weighted by Crippen LogP contribution is -2.38. The SMILES string of the molecule is CC(N[C@H](c1ccccc1)P(=O)(O[C@@H]1C[C@H](C)CC[C@H]1C(C)C)O[C@@H]1C[C@H](C)CC[C@H]1C(C)C)c1ccccc1. The Morgan fingerprint density at radius 1 is 0.675 bits per heavy atom. The van der Waals surface area contributed by atoms with Crippen molar-refractivity contribution in [1.29, 1.82) is 0 Å². The van der Waals surface area contributed by atoms with Gasteiger partial charge in [-0.15, -0.1) is 0 Å². The van der Waals surface area contributed by atoms with Gasteiger partial charge in [-0.1, -0.05) is 115 Å². The van der Waals surface area contributed by atoms with Gasteiger partial charge >= 0.3 is 7.60 Å². The zero-order valence-electron chi connectivity index (χ0n) is 26.0. The van der Waals surface area contributed by atoms with Gasteiger partial charge in [-0.05, 0) is 79.2 Å². The normalized spacial score (nSPS) is 29.4. The molecule has 8 atom stereocenters. The summed E-state index contributed by atoms with van der Waals surface area (Å²) in [4.78, 5) is 0. The van der Waals surface area contributed by atoms with Gasteiger partial charge in [0.15, 0.2) is 0 Å². The molecule has 1 unspecified atom stereocenters. The highest BCUT2D eigenvalue weighted by atomic mass is 31.2. The number of nitrogens with one attached hydrogen (secondary N) is 1. The first-order valence-electron chi connectivity index (χ1n) is 15.9. The number of rotatable bonds is 11. The van der Waals surface area contributed by atoms with E-state index in [-0.39, 0.29) is 18.2 Å². The van der Waals surface area contributed by atoms with Gasteiger partial charge in [0.2, 0.25) is 0 Å². The average Bonchev–Trinajstić information content (AvgIpc) is 2.92. The molecule has 2 aromatic carbocycles. The van der Waals surface area contributed by atoms with Gasteiger partial charge in [0.1, 0.15) is 5.78 Å². The van der Waals surface area contributed by atoms with Crippen LogP contribution in [-0.2, 0) is 13.6 Å². The minimum atomic E-state index is -3.68. The van der Waals surface area contributed by atoms with Crippen molar-refractivity contribution in [3.8, 4) is 0 Å². The van der Waals surface area contributed by atoms with Crippen LogP contribution in [0.5, 0.6) is 0 Å². The first kappa shape index (κ1) is 31.5. The maximum atomic E-state index is 15.7. The molecule has 2 aliphatic rings. The Labute approximate surface area is 244 Å². The molecule has 2 aliphatic carbocycles. The number of benzene rings is 2. The first-order valence-corrected chi connectivity index (χ1v) is 17.5. The van der Waals surface area contributed by atoms with Gasteiger partial charge in [0.05, 0.1) is 12.2 Å². The fourth-order valence-electron chi connectivity index (χ4n) is 7.08. The highest BCUT2D eigenvalue weighted by Gasteiger charge is 2.47. The molecule has 2 aromatic rings. The third-order valence-corrected chi connectivity index (χ3v) is 11.8. The Balaban J connectivity index is 1.76. The minimum absolute atomic E-state index is 0.0238. The fourth-order valence-corrected chi connectivity index (χ4v) is 9.55. The standard InChI is InChI=1S/C35H54NO3P/c1-24(2)31-20-18-26(5)22-33(31)38-40(37,39-34-23-27(6)19-21-32(34)25(3)4)35(30-16-12-9-13-17-30)36-28(7)29-14-10-8-11-15-29/h8-17,24-28,31-36H,18-23H2,1-7H3/t26-,27-,28?,31+,32+,33-,34-,35+/m1/s1. The summed E-state index contributed by atoms with van der Waals surface area (Å²) in [5.74, 6) is 2.24. The summed E-state index contributed by atoms with van der Waals surface area (Å²) in [6.07, 6.45) is 6.34. The Morgan fingerprint density at radius 2 is 1.10 bits per heavy atom. The topological polar surface area (TPSA) is 47.6 Å². The van der Waals surface area contributed by atoms with Crippen molar-refractivity contribution in [3.63, 3.8) is 0 Å². The van der Waals surface area contributed by atoms with E-state index in [9.17, 15) is 0 Å². The molecule has 222 valence electrons. The van der Waals surface area contributed by atoms with Crippen molar-refractivity contribution in [3.05, 3.63) is 71.8 Å². The van der Waals surface area contributed by atoms with Crippen LogP contribution in [0.4, 0.5) is 0 Å². The van der Waals surface area contributed by atoms with Crippen LogP contribution in [0.15, 0.2) is 60.7 Å². The van der Waals surface area contributed by atoms with Crippen molar-refractivity contribution >= 4 is 7.60 Å². The lowest BCUT2D eigenvalue weighted by molar-refractivity contribution is -0.00718. The van der Waals surface area contributed by atoms with E-state index >= 15 is 4.57 Å². The molecule has 0 radical (unpaired) electrons. The monoisotopic (exact) mass is 567 g/mol. The molecule has 1 N–H and O–H groups in total. The molecule has 0 bridgehead atoms. The van der Waals surface area contributed by atoms with Crippen LogP contribution in [0.3, 0.4) is 0 Å². The third kappa shape index (κ3) is 7.88. The van der Waals surface area contributed by atoms with E-state index in [4.69, 9.17) is 9.05 Å². The minimum Gasteiger partial charge on any atom is -0.304 e. The predicted octanol–water partition coefficient (Wildman–Crippen LogP) is 10.2. The summed E-state index contributed by atoms with van der Waals surface area (Å²) in [5, 5.41) is 3.77. The molecule has 0 aromatic heterocycles. The van der Waals surface area contributed by atoms with Crippen molar-refractivity contribution in [1.82, 2.24) is 5.32 Å². The lowest BCUT2D eigenvalue weighted by atomic mass is 9.75. The summed E-state index contributed by atoms with van der Waals surface area (Å²) < 4.78 is 29.7. The van der Waals surface area contributed by atoms with E-state index < -0.39 is 13.4 Å². The van der Waals surface area contributed by atoms with Crippen LogP contribution in [0.25, 0.3) is 0 Å². The molecule has 0 aliphatic heterocycles. The second-order valence-electron chi connectivity index (χ2n) is 13.6. The van der Waals surface area contributed by atoms with Crippen LogP contribution in [0.2, 0.25) is 0 Å². The van der Waals surface area contributed by atoms with Crippen molar-refractivity contribution < 1.29 is 13.6 Å². The maximum Gasteiger partial charge on any atom is 0.352 e. The van der Waals surface area contributed by atoms with Gasteiger partial charge < -0.3 is 9.05 Å². The zero-order valence-corrected chi connectivity index (χ0v) is 26.9. The number of hydrogen-bond acceptors (Lipinski definition) is 4. The summed E-state index contributed by atoms with van der Waals surface area (Å²) in [6, 6.07) is 20.6. The van der Waals surface area contributed by atoms with E-state index in [2.05, 4.69) is 90.2 Å². The van der Waals surface area contributed by atoms with E-state index in [0.717, 1.165) is 36.8 Å². The zero-order chi connectivity index (χ0) is 28.9. The second kappa shape index (κ2) is 14.1. The molecule has 0 saturated heterocycles. The van der Waals surface area contributed by atoms with Gasteiger partial charge in [0, 0.05) is 6.04 Å². The first-order chi connectivity index (χ1) is 19.1. The largest absolute Gasteiger partial charge is 0.352 e. The van der Waals surface area contributed by atoms with Gasteiger partial charge in [-0.2, -0.15) is 0 Å². The van der Waals surface area contributed by atoms with E-state index in [0.29, 0.717) is 35.5 Å². The summed E-state index contributed by atoms with van der Waals surface area (Å²) in [6.45, 7) is 15.9. The highest BCUT2D eigenvalue weighted by Crippen LogP contribution is 2.64. The molecule has 4 rings (SSSR count). The van der Waals surface area contributed by atoms with Crippen LogP contribution >= 0.6 is 7.60 Å². The van der Waals surface area contributed by atoms with Crippen molar-refractivity contribution in [2.24, 2.45) is 35.5 Å². The molecule has 2 fully saturated rings. The molecule has 0 heterocycles. The van der Waals surface area contributed by atoms with Crippen LogP contribution in [0.1, 0.15) is 110 Å². The lowest BCUT2D eigenvalue weighted by Gasteiger charge is -2.44. The molecular formula is C35H54NO3P. The Morgan fingerprint density at radius 3 is 1.52 bits per heavy atom. The van der Waals surface area contributed by atoms with Crippen LogP contribution in [-0.4, -0.2) is 12.2 Å². The van der Waals surface area contributed by atoms with Crippen molar-refractivity contribution in [2.45, 2.75) is 111 Å². The van der Waals surface area contributed by atoms with Gasteiger partial charge in [0.25, 0.3) is 0 Å². The predicted molar refractivity (Wildman–Crippen MR) is 167 cm³/mol. The molecule has 5 heteroatoms.